The highest BCUT2D eigenvalue weighted by molar-refractivity contribution is 9.11. The lowest BCUT2D eigenvalue weighted by Crippen LogP contribution is -2.38. The predicted octanol–water partition coefficient (Wildman–Crippen LogP) is 3.68. The van der Waals surface area contributed by atoms with Gasteiger partial charge in [-0.25, -0.2) is 9.59 Å². The third-order valence-corrected chi connectivity index (χ3v) is 3.97. The normalized spacial score (nSPS) is 11.4. The summed E-state index contributed by atoms with van der Waals surface area (Å²) in [6, 6.07) is 4.26. The first-order valence-corrected chi connectivity index (χ1v) is 7.49. The van der Waals surface area contributed by atoms with E-state index in [1.165, 1.54) is 11.0 Å². The number of nitrogens with one attached hydrogen (secondary N) is 1. The summed E-state index contributed by atoms with van der Waals surface area (Å²) in [6.45, 7) is 1.73. The van der Waals surface area contributed by atoms with Crippen LogP contribution in [0, 0.1) is 11.3 Å². The van der Waals surface area contributed by atoms with E-state index in [1.54, 1.807) is 20.0 Å². The molecular formula is C13H13Br2N3O3. The number of hydrogen-bond acceptors (Lipinski definition) is 3. The Labute approximate surface area is 139 Å². The Kier molecular flexibility index (Phi) is 6.18. The molecule has 2 amide bonds. The lowest BCUT2D eigenvalue weighted by Gasteiger charge is -2.24. The van der Waals surface area contributed by atoms with Crippen molar-refractivity contribution in [3.05, 3.63) is 26.6 Å². The SMILES string of the molecule is CC(CC#N)N(C)C(=O)Nc1c(Br)cc(Br)cc1C(=O)O. The van der Waals surface area contributed by atoms with E-state index in [2.05, 4.69) is 37.2 Å². The molecule has 112 valence electrons. The average molecular weight is 419 g/mol. The molecule has 1 unspecified atom stereocenters. The predicted molar refractivity (Wildman–Crippen MR) is 85.3 cm³/mol. The summed E-state index contributed by atoms with van der Waals surface area (Å²) >= 11 is 6.43. The number of benzene rings is 1. The van der Waals surface area contributed by atoms with Crippen molar-refractivity contribution in [2.75, 3.05) is 12.4 Å². The van der Waals surface area contributed by atoms with Crippen molar-refractivity contribution < 1.29 is 14.7 Å². The molecule has 0 spiro atoms. The molecule has 8 heteroatoms. The van der Waals surface area contributed by atoms with Gasteiger partial charge in [0.05, 0.1) is 23.7 Å². The average Bonchev–Trinajstić information content (AvgIpc) is 2.40. The first-order chi connectivity index (χ1) is 9.77. The van der Waals surface area contributed by atoms with Gasteiger partial charge in [0.25, 0.3) is 0 Å². The van der Waals surface area contributed by atoms with Crippen molar-refractivity contribution in [3.8, 4) is 6.07 Å². The van der Waals surface area contributed by atoms with Crippen molar-refractivity contribution >= 4 is 49.5 Å². The summed E-state index contributed by atoms with van der Waals surface area (Å²) in [7, 11) is 1.55. The third kappa shape index (κ3) is 4.44. The summed E-state index contributed by atoms with van der Waals surface area (Å²) in [5.41, 5.74) is 0.137. The number of halogens is 2. The second-order valence-electron chi connectivity index (χ2n) is 4.37. The van der Waals surface area contributed by atoms with Gasteiger partial charge in [0.15, 0.2) is 0 Å². The summed E-state index contributed by atoms with van der Waals surface area (Å²) in [5, 5.41) is 20.4. The van der Waals surface area contributed by atoms with Gasteiger partial charge in [0, 0.05) is 22.0 Å². The lowest BCUT2D eigenvalue weighted by molar-refractivity contribution is 0.0698. The van der Waals surface area contributed by atoms with Gasteiger partial charge in [-0.1, -0.05) is 15.9 Å². The monoisotopic (exact) mass is 417 g/mol. The fourth-order valence-electron chi connectivity index (χ4n) is 1.53. The van der Waals surface area contributed by atoms with Gasteiger partial charge in [-0.15, -0.1) is 0 Å². The molecule has 6 nitrogen and oxygen atoms in total. The van der Waals surface area contributed by atoms with Gasteiger partial charge in [-0.3, -0.25) is 0 Å². The minimum atomic E-state index is -1.15. The minimum Gasteiger partial charge on any atom is -0.478 e. The highest BCUT2D eigenvalue weighted by Gasteiger charge is 2.20. The van der Waals surface area contributed by atoms with Crippen molar-refractivity contribution in [1.82, 2.24) is 4.90 Å². The van der Waals surface area contributed by atoms with Gasteiger partial charge in [0.2, 0.25) is 0 Å². The van der Waals surface area contributed by atoms with Crippen LogP contribution in [0.5, 0.6) is 0 Å². The number of carboxylic acid groups (broad SMARTS) is 1. The second kappa shape index (κ2) is 7.43. The minimum absolute atomic E-state index is 0.0362. The number of urea groups is 1. The number of anilines is 1. The largest absolute Gasteiger partial charge is 0.478 e. The molecular weight excluding hydrogens is 406 g/mol. The molecule has 1 rings (SSSR count). The van der Waals surface area contributed by atoms with Crippen LogP contribution in [0.4, 0.5) is 10.5 Å². The quantitative estimate of drug-likeness (QED) is 0.779. The Bertz CT molecular complexity index is 613. The van der Waals surface area contributed by atoms with Gasteiger partial charge in [-0.05, 0) is 35.0 Å². The molecule has 0 aliphatic rings. The summed E-state index contributed by atoms with van der Waals surface area (Å²) < 4.78 is 1.03. The summed E-state index contributed by atoms with van der Waals surface area (Å²) in [6.07, 6.45) is 0.192. The van der Waals surface area contributed by atoms with Gasteiger partial charge in [0.1, 0.15) is 0 Å². The number of nitriles is 1. The lowest BCUT2D eigenvalue weighted by atomic mass is 10.2. The van der Waals surface area contributed by atoms with E-state index in [1.807, 2.05) is 6.07 Å². The van der Waals surface area contributed by atoms with Crippen LogP contribution < -0.4 is 5.32 Å². The van der Waals surface area contributed by atoms with Crippen molar-refractivity contribution in [2.24, 2.45) is 0 Å². The zero-order chi connectivity index (χ0) is 16.2. The molecule has 0 aromatic heterocycles. The molecule has 0 heterocycles. The van der Waals surface area contributed by atoms with Crippen LogP contribution in [0.15, 0.2) is 21.1 Å². The molecule has 0 saturated heterocycles. The highest BCUT2D eigenvalue weighted by Crippen LogP contribution is 2.31. The third-order valence-electron chi connectivity index (χ3n) is 2.89. The Hall–Kier alpha value is -1.59. The molecule has 0 bridgehead atoms. The van der Waals surface area contributed by atoms with E-state index in [0.717, 1.165) is 0 Å². The van der Waals surface area contributed by atoms with Crippen LogP contribution >= 0.6 is 31.9 Å². The Morgan fingerprint density at radius 3 is 2.62 bits per heavy atom. The van der Waals surface area contributed by atoms with Crippen molar-refractivity contribution in [2.45, 2.75) is 19.4 Å². The number of nitrogens with zero attached hydrogens (tertiary/aromatic N) is 2. The summed E-state index contributed by atoms with van der Waals surface area (Å²) in [5.74, 6) is -1.15. The van der Waals surface area contributed by atoms with Crippen LogP contribution in [0.1, 0.15) is 23.7 Å². The Morgan fingerprint density at radius 1 is 1.48 bits per heavy atom. The number of aromatic carboxylic acids is 1. The fraction of sp³-hybridized carbons (Fsp3) is 0.308. The zero-order valence-corrected chi connectivity index (χ0v) is 14.5. The first kappa shape index (κ1) is 17.5. The van der Waals surface area contributed by atoms with Crippen LogP contribution in [0.25, 0.3) is 0 Å². The van der Waals surface area contributed by atoms with E-state index in [-0.39, 0.29) is 23.7 Å². The second-order valence-corrected chi connectivity index (χ2v) is 6.14. The molecule has 0 aliphatic heterocycles. The fourth-order valence-corrected chi connectivity index (χ4v) is 2.86. The maximum absolute atomic E-state index is 12.1. The van der Waals surface area contributed by atoms with Gasteiger partial charge in [-0.2, -0.15) is 5.26 Å². The number of carbonyl (C=O) groups excluding carboxylic acids is 1. The number of rotatable bonds is 4. The smallest absolute Gasteiger partial charge is 0.337 e. The topological polar surface area (TPSA) is 93.4 Å². The molecule has 1 atom stereocenters. The van der Waals surface area contributed by atoms with Crippen LogP contribution in [0.3, 0.4) is 0 Å². The summed E-state index contributed by atoms with van der Waals surface area (Å²) in [4.78, 5) is 24.7. The van der Waals surface area contributed by atoms with E-state index in [4.69, 9.17) is 5.26 Å². The molecule has 1 aromatic rings. The molecule has 0 radical (unpaired) electrons. The van der Waals surface area contributed by atoms with Crippen LogP contribution in [0.2, 0.25) is 0 Å². The number of hydrogen-bond donors (Lipinski definition) is 2. The van der Waals surface area contributed by atoms with Crippen molar-refractivity contribution in [1.29, 1.82) is 5.26 Å². The molecule has 1 aromatic carbocycles. The molecule has 0 fully saturated rings. The molecule has 0 aliphatic carbocycles. The highest BCUT2D eigenvalue weighted by atomic mass is 79.9. The number of carbonyl (C=O) groups is 2. The maximum atomic E-state index is 12.1. The Morgan fingerprint density at radius 2 is 2.10 bits per heavy atom. The maximum Gasteiger partial charge on any atom is 0.337 e. The van der Waals surface area contributed by atoms with E-state index in [0.29, 0.717) is 8.95 Å². The Balaban J connectivity index is 3.05. The zero-order valence-electron chi connectivity index (χ0n) is 11.4. The number of carboxylic acids is 1. The van der Waals surface area contributed by atoms with Gasteiger partial charge < -0.3 is 15.3 Å². The van der Waals surface area contributed by atoms with E-state index in [9.17, 15) is 14.7 Å². The first-order valence-electron chi connectivity index (χ1n) is 5.91. The number of amides is 2. The van der Waals surface area contributed by atoms with E-state index < -0.39 is 12.0 Å². The van der Waals surface area contributed by atoms with Crippen LogP contribution in [-0.2, 0) is 0 Å². The van der Waals surface area contributed by atoms with Gasteiger partial charge >= 0.3 is 12.0 Å². The van der Waals surface area contributed by atoms with Crippen LogP contribution in [-0.4, -0.2) is 35.1 Å². The van der Waals surface area contributed by atoms with E-state index >= 15 is 0 Å². The van der Waals surface area contributed by atoms with Crippen molar-refractivity contribution in [3.63, 3.8) is 0 Å². The molecule has 2 N–H and O–H groups in total. The molecule has 0 saturated carbocycles. The standard InChI is InChI=1S/C13H13Br2N3O3/c1-7(3-4-16)18(2)13(21)17-11-9(12(19)20)5-8(14)6-10(11)15/h5-7H,3H2,1-2H3,(H,17,21)(H,19,20). The molecule has 21 heavy (non-hydrogen) atoms.